The molecule has 0 atom stereocenters. The molecule has 2 N–H and O–H groups in total. The number of halogens is 2. The molecule has 3 aromatic rings. The Labute approximate surface area is 184 Å². The quantitative estimate of drug-likeness (QED) is 0.492. The van der Waals surface area contributed by atoms with E-state index >= 15 is 0 Å². The van der Waals surface area contributed by atoms with Gasteiger partial charge in [0.2, 0.25) is 10.0 Å². The maximum Gasteiger partial charge on any atom is 0.295 e. The van der Waals surface area contributed by atoms with Crippen LogP contribution in [0.25, 0.3) is 11.0 Å². The Morgan fingerprint density at radius 2 is 1.88 bits per heavy atom. The van der Waals surface area contributed by atoms with Gasteiger partial charge in [0.15, 0.2) is 5.82 Å². The standard InChI is InChI=1S/C21H24F2N4O4S/c1-4-27(5-2)32(29,30)14-8-10-18(31-6-3)17(12-14)26-21(28)13-7-9-15-16(11-13)25-20(24-15)19(22)23/h7-12,19H,4-6H2,1-3H3,(H,24,25)(H,26,28). The van der Waals surface area contributed by atoms with Crippen molar-refractivity contribution in [1.29, 1.82) is 0 Å². The molecule has 3 rings (SSSR count). The average Bonchev–Trinajstić information content (AvgIpc) is 3.19. The number of hydrogen-bond donors (Lipinski definition) is 2. The van der Waals surface area contributed by atoms with E-state index in [0.29, 0.717) is 31.0 Å². The van der Waals surface area contributed by atoms with Gasteiger partial charge in [0.25, 0.3) is 12.3 Å². The summed E-state index contributed by atoms with van der Waals surface area (Å²) in [5.74, 6) is -0.731. The first-order chi connectivity index (χ1) is 15.2. The molecule has 0 aliphatic rings. The van der Waals surface area contributed by atoms with E-state index in [0.717, 1.165) is 0 Å². The number of carbonyl (C=O) groups is 1. The van der Waals surface area contributed by atoms with Crippen molar-refractivity contribution in [3.63, 3.8) is 0 Å². The minimum Gasteiger partial charge on any atom is -0.492 e. The molecule has 11 heteroatoms. The highest BCUT2D eigenvalue weighted by atomic mass is 32.2. The molecular weight excluding hydrogens is 442 g/mol. The molecule has 0 radical (unpaired) electrons. The minimum atomic E-state index is -3.75. The highest BCUT2D eigenvalue weighted by Crippen LogP contribution is 2.30. The van der Waals surface area contributed by atoms with Crippen LogP contribution in [0.1, 0.15) is 43.4 Å². The molecule has 1 heterocycles. The van der Waals surface area contributed by atoms with Crippen LogP contribution in [-0.4, -0.2) is 48.3 Å². The number of aromatic amines is 1. The lowest BCUT2D eigenvalue weighted by Crippen LogP contribution is -2.30. The second-order valence-electron chi connectivity index (χ2n) is 6.79. The third-order valence-corrected chi connectivity index (χ3v) is 6.86. The van der Waals surface area contributed by atoms with Crippen LogP contribution in [0.2, 0.25) is 0 Å². The van der Waals surface area contributed by atoms with Crippen LogP contribution in [-0.2, 0) is 10.0 Å². The predicted octanol–water partition coefficient (Wildman–Crippen LogP) is 4.18. The molecule has 0 aliphatic heterocycles. The fourth-order valence-electron chi connectivity index (χ4n) is 3.23. The predicted molar refractivity (Wildman–Crippen MR) is 117 cm³/mol. The maximum absolute atomic E-state index is 12.9. The number of rotatable bonds is 9. The summed E-state index contributed by atoms with van der Waals surface area (Å²) < 4.78 is 58.3. The third kappa shape index (κ3) is 4.73. The number of fused-ring (bicyclic) bond motifs is 1. The van der Waals surface area contributed by atoms with E-state index in [4.69, 9.17) is 4.74 Å². The molecule has 172 valence electrons. The molecule has 0 aliphatic carbocycles. The van der Waals surface area contributed by atoms with Crippen LogP contribution in [0, 0.1) is 0 Å². The van der Waals surface area contributed by atoms with Gasteiger partial charge in [-0.1, -0.05) is 13.8 Å². The summed E-state index contributed by atoms with van der Waals surface area (Å²) in [5, 5.41) is 2.66. The molecular formula is C21H24F2N4O4S. The van der Waals surface area contributed by atoms with Gasteiger partial charge >= 0.3 is 0 Å². The number of sulfonamides is 1. The lowest BCUT2D eigenvalue weighted by Gasteiger charge is -2.20. The topological polar surface area (TPSA) is 104 Å². The molecule has 0 saturated heterocycles. The average molecular weight is 467 g/mol. The molecule has 32 heavy (non-hydrogen) atoms. The summed E-state index contributed by atoms with van der Waals surface area (Å²) in [6, 6.07) is 8.57. The van der Waals surface area contributed by atoms with E-state index in [2.05, 4.69) is 15.3 Å². The Kier molecular flexibility index (Phi) is 7.09. The third-order valence-electron chi connectivity index (χ3n) is 4.81. The molecule has 0 spiro atoms. The molecule has 2 aromatic carbocycles. The zero-order valence-electron chi connectivity index (χ0n) is 17.9. The van der Waals surface area contributed by atoms with Gasteiger partial charge in [-0.05, 0) is 43.3 Å². The van der Waals surface area contributed by atoms with Crippen molar-refractivity contribution in [3.05, 3.63) is 47.8 Å². The highest BCUT2D eigenvalue weighted by molar-refractivity contribution is 7.89. The number of benzene rings is 2. The molecule has 0 unspecified atom stereocenters. The van der Waals surface area contributed by atoms with Crippen LogP contribution in [0.3, 0.4) is 0 Å². The molecule has 1 aromatic heterocycles. The number of nitrogens with one attached hydrogen (secondary N) is 2. The molecule has 1 amide bonds. The van der Waals surface area contributed by atoms with Crippen LogP contribution in [0.4, 0.5) is 14.5 Å². The van der Waals surface area contributed by atoms with Gasteiger partial charge in [0.1, 0.15) is 5.75 Å². The number of amides is 1. The van der Waals surface area contributed by atoms with Gasteiger partial charge in [-0.3, -0.25) is 4.79 Å². The summed E-state index contributed by atoms with van der Waals surface area (Å²) in [4.78, 5) is 19.1. The number of aromatic nitrogens is 2. The number of imidazole rings is 1. The van der Waals surface area contributed by atoms with Crippen LogP contribution < -0.4 is 10.1 Å². The largest absolute Gasteiger partial charge is 0.492 e. The number of alkyl halides is 2. The number of anilines is 1. The Morgan fingerprint density at radius 3 is 2.50 bits per heavy atom. The van der Waals surface area contributed by atoms with Crippen molar-refractivity contribution in [3.8, 4) is 5.75 Å². The SMILES string of the molecule is CCOc1ccc(S(=O)(=O)N(CC)CC)cc1NC(=O)c1ccc2nc(C(F)F)[nH]c2c1. The lowest BCUT2D eigenvalue weighted by atomic mass is 10.2. The van der Waals surface area contributed by atoms with E-state index < -0.39 is 28.2 Å². The normalized spacial score (nSPS) is 12.0. The van der Waals surface area contributed by atoms with Gasteiger partial charge in [0.05, 0.1) is 28.2 Å². The first kappa shape index (κ1) is 23.6. The van der Waals surface area contributed by atoms with Gasteiger partial charge < -0.3 is 15.0 Å². The number of nitrogens with zero attached hydrogens (tertiary/aromatic N) is 2. The second-order valence-corrected chi connectivity index (χ2v) is 8.73. The Morgan fingerprint density at radius 1 is 1.16 bits per heavy atom. The number of hydrogen-bond acceptors (Lipinski definition) is 5. The summed E-state index contributed by atoms with van der Waals surface area (Å²) in [5.41, 5.74) is 0.958. The fraction of sp³-hybridized carbons (Fsp3) is 0.333. The first-order valence-corrected chi connectivity index (χ1v) is 11.5. The molecule has 8 nitrogen and oxygen atoms in total. The van der Waals surface area contributed by atoms with Crippen molar-refractivity contribution in [2.24, 2.45) is 0 Å². The van der Waals surface area contributed by atoms with E-state index in [1.807, 2.05) is 0 Å². The zero-order valence-corrected chi connectivity index (χ0v) is 18.7. The van der Waals surface area contributed by atoms with E-state index in [-0.39, 0.29) is 21.7 Å². The summed E-state index contributed by atoms with van der Waals surface area (Å²) in [7, 11) is -3.75. The summed E-state index contributed by atoms with van der Waals surface area (Å²) in [6.45, 7) is 6.16. The van der Waals surface area contributed by atoms with Crippen LogP contribution in [0.5, 0.6) is 5.75 Å². The first-order valence-electron chi connectivity index (χ1n) is 10.1. The smallest absolute Gasteiger partial charge is 0.295 e. The number of H-pyrrole nitrogens is 1. The molecule has 0 bridgehead atoms. The van der Waals surface area contributed by atoms with Crippen molar-refractivity contribution in [2.75, 3.05) is 25.0 Å². The summed E-state index contributed by atoms with van der Waals surface area (Å²) >= 11 is 0. The highest BCUT2D eigenvalue weighted by Gasteiger charge is 2.23. The van der Waals surface area contributed by atoms with Gasteiger partial charge in [-0.2, -0.15) is 4.31 Å². The van der Waals surface area contributed by atoms with Crippen LogP contribution in [0.15, 0.2) is 41.3 Å². The van der Waals surface area contributed by atoms with E-state index in [1.165, 1.54) is 40.7 Å². The molecule has 0 fully saturated rings. The summed E-state index contributed by atoms with van der Waals surface area (Å²) in [6.07, 6.45) is -2.76. The number of ether oxygens (including phenoxy) is 1. The fourth-order valence-corrected chi connectivity index (χ4v) is 4.71. The second kappa shape index (κ2) is 9.61. The van der Waals surface area contributed by atoms with Gasteiger partial charge in [-0.15, -0.1) is 0 Å². The Bertz CT molecular complexity index is 1220. The monoisotopic (exact) mass is 466 g/mol. The van der Waals surface area contributed by atoms with Crippen molar-refractivity contribution in [2.45, 2.75) is 32.1 Å². The van der Waals surface area contributed by atoms with E-state index in [1.54, 1.807) is 20.8 Å². The van der Waals surface area contributed by atoms with Crippen molar-refractivity contribution >= 4 is 32.7 Å². The van der Waals surface area contributed by atoms with Crippen molar-refractivity contribution in [1.82, 2.24) is 14.3 Å². The lowest BCUT2D eigenvalue weighted by molar-refractivity contribution is 0.102. The number of carbonyl (C=O) groups excluding carboxylic acids is 1. The van der Waals surface area contributed by atoms with Crippen molar-refractivity contribution < 1.29 is 26.7 Å². The Balaban J connectivity index is 1.95. The zero-order chi connectivity index (χ0) is 23.5. The minimum absolute atomic E-state index is 0.0190. The van der Waals surface area contributed by atoms with Gasteiger partial charge in [0, 0.05) is 18.7 Å². The molecule has 0 saturated carbocycles. The maximum atomic E-state index is 12.9. The van der Waals surface area contributed by atoms with E-state index in [9.17, 15) is 22.0 Å². The Hall–Kier alpha value is -3.05. The van der Waals surface area contributed by atoms with Gasteiger partial charge in [-0.25, -0.2) is 22.2 Å². The van der Waals surface area contributed by atoms with Crippen LogP contribution >= 0.6 is 0 Å².